The number of amides is 2. The van der Waals surface area contributed by atoms with Crippen LogP contribution in [0.25, 0.3) is 16.9 Å². The predicted molar refractivity (Wildman–Crippen MR) is 127 cm³/mol. The predicted octanol–water partition coefficient (Wildman–Crippen LogP) is 3.89. The molecule has 2 aromatic heterocycles. The number of carbonyl (C=O) groups excluding carboxylic acids is 2. The molecule has 5 rings (SSSR count). The minimum Gasteiger partial charge on any atom is -0.374 e. The summed E-state index contributed by atoms with van der Waals surface area (Å²) in [5, 5.41) is 0. The van der Waals surface area contributed by atoms with Gasteiger partial charge in [0.1, 0.15) is 17.3 Å². The van der Waals surface area contributed by atoms with Crippen LogP contribution in [0, 0.1) is 18.6 Å². The van der Waals surface area contributed by atoms with Crippen molar-refractivity contribution in [3.8, 4) is 11.3 Å². The topological polar surface area (TPSA) is 67.2 Å². The molecule has 2 aliphatic rings. The number of ether oxygens (including phenoxy) is 1. The Bertz CT molecular complexity index is 1280. The molecule has 2 aliphatic heterocycles. The zero-order valence-electron chi connectivity index (χ0n) is 19.9. The van der Waals surface area contributed by atoms with Gasteiger partial charge in [-0.25, -0.2) is 13.8 Å². The van der Waals surface area contributed by atoms with Crippen LogP contribution in [0.4, 0.5) is 14.5 Å². The number of aromatic nitrogens is 2. The van der Waals surface area contributed by atoms with Gasteiger partial charge in [-0.05, 0) is 43.2 Å². The van der Waals surface area contributed by atoms with Crippen molar-refractivity contribution in [1.29, 1.82) is 0 Å². The van der Waals surface area contributed by atoms with Gasteiger partial charge < -0.3 is 18.9 Å². The van der Waals surface area contributed by atoms with E-state index in [9.17, 15) is 9.59 Å². The van der Waals surface area contributed by atoms with E-state index >= 15 is 8.78 Å². The number of fused-ring (bicyclic) bond motifs is 1. The Morgan fingerprint density at radius 2 is 1.97 bits per heavy atom. The van der Waals surface area contributed by atoms with Crippen molar-refractivity contribution < 1.29 is 23.1 Å². The zero-order valence-corrected chi connectivity index (χ0v) is 19.9. The molecule has 0 saturated carbocycles. The first kappa shape index (κ1) is 23.4. The first-order valence-corrected chi connectivity index (χ1v) is 12.0. The second-order valence-electron chi connectivity index (χ2n) is 9.16. The van der Waals surface area contributed by atoms with Crippen molar-refractivity contribution in [2.24, 2.45) is 0 Å². The van der Waals surface area contributed by atoms with E-state index in [0.29, 0.717) is 63.3 Å². The van der Waals surface area contributed by atoms with E-state index in [4.69, 9.17) is 4.74 Å². The standard InChI is InChI=1S/C26H28F2N4O3/c1-3-23(33)30-9-10-35-18(15-30)14-21-26(29-22-11-16(2)6-8-32(21)22)25-19(27)12-17(13-20(25)28)31-7-4-5-24(31)34/h6,8,11-13,18H,3-5,7,9-10,14-15H2,1-2H3/t18-/m0/s1. The highest BCUT2D eigenvalue weighted by atomic mass is 19.1. The van der Waals surface area contributed by atoms with Gasteiger partial charge in [0.25, 0.3) is 0 Å². The molecule has 2 fully saturated rings. The third kappa shape index (κ3) is 4.40. The normalized spacial score (nSPS) is 18.6. The molecule has 1 atom stereocenters. The first-order valence-electron chi connectivity index (χ1n) is 12.0. The molecule has 0 radical (unpaired) electrons. The van der Waals surface area contributed by atoms with Crippen molar-refractivity contribution in [3.63, 3.8) is 0 Å². The van der Waals surface area contributed by atoms with Crippen LogP contribution in [-0.4, -0.2) is 58.4 Å². The lowest BCUT2D eigenvalue weighted by molar-refractivity contribution is -0.138. The highest BCUT2D eigenvalue weighted by molar-refractivity contribution is 5.95. The van der Waals surface area contributed by atoms with Crippen molar-refractivity contribution in [3.05, 3.63) is 53.4 Å². The number of rotatable bonds is 5. The highest BCUT2D eigenvalue weighted by Gasteiger charge is 2.29. The molecule has 0 bridgehead atoms. The summed E-state index contributed by atoms with van der Waals surface area (Å²) in [7, 11) is 0. The van der Waals surface area contributed by atoms with Crippen LogP contribution in [0.2, 0.25) is 0 Å². The van der Waals surface area contributed by atoms with E-state index in [1.54, 1.807) is 4.90 Å². The summed E-state index contributed by atoms with van der Waals surface area (Å²) in [5.41, 5.74) is 2.35. The molecule has 0 N–H and O–H groups in total. The lowest BCUT2D eigenvalue weighted by atomic mass is 10.0. The smallest absolute Gasteiger partial charge is 0.227 e. The maximum Gasteiger partial charge on any atom is 0.227 e. The molecule has 3 aromatic rings. The molecular weight excluding hydrogens is 454 g/mol. The van der Waals surface area contributed by atoms with Crippen molar-refractivity contribution in [2.45, 2.75) is 45.6 Å². The first-order chi connectivity index (χ1) is 16.9. The molecule has 0 unspecified atom stereocenters. The lowest BCUT2D eigenvalue weighted by Crippen LogP contribution is -2.46. The Kier molecular flexibility index (Phi) is 6.27. The third-order valence-corrected chi connectivity index (χ3v) is 6.74. The molecule has 4 heterocycles. The van der Waals surface area contributed by atoms with Crippen molar-refractivity contribution >= 4 is 23.1 Å². The maximum absolute atomic E-state index is 15.4. The van der Waals surface area contributed by atoms with Gasteiger partial charge in [-0.2, -0.15) is 0 Å². The molecular formula is C26H28F2N4O3. The summed E-state index contributed by atoms with van der Waals surface area (Å²) >= 11 is 0. The van der Waals surface area contributed by atoms with Crippen LogP contribution in [0.15, 0.2) is 30.5 Å². The largest absolute Gasteiger partial charge is 0.374 e. The van der Waals surface area contributed by atoms with E-state index in [1.807, 2.05) is 36.6 Å². The number of nitrogens with zero attached hydrogens (tertiary/aromatic N) is 4. The van der Waals surface area contributed by atoms with Crippen LogP contribution < -0.4 is 4.90 Å². The Morgan fingerprint density at radius 3 is 2.66 bits per heavy atom. The number of hydrogen-bond donors (Lipinski definition) is 0. The number of pyridine rings is 1. The van der Waals surface area contributed by atoms with E-state index < -0.39 is 11.6 Å². The van der Waals surface area contributed by atoms with Gasteiger partial charge in [-0.1, -0.05) is 6.92 Å². The molecule has 2 amide bonds. The van der Waals surface area contributed by atoms with Crippen LogP contribution in [-0.2, 0) is 20.7 Å². The fraction of sp³-hybridized carbons (Fsp3) is 0.423. The minimum absolute atomic E-state index is 0.0522. The fourth-order valence-electron chi connectivity index (χ4n) is 4.96. The Hall–Kier alpha value is -3.33. The highest BCUT2D eigenvalue weighted by Crippen LogP contribution is 2.34. The van der Waals surface area contributed by atoms with Crippen molar-refractivity contribution in [1.82, 2.24) is 14.3 Å². The van der Waals surface area contributed by atoms with Gasteiger partial charge in [0.2, 0.25) is 11.8 Å². The van der Waals surface area contributed by atoms with Crippen LogP contribution in [0.1, 0.15) is 37.4 Å². The quantitative estimate of drug-likeness (QED) is 0.553. The van der Waals surface area contributed by atoms with Gasteiger partial charge >= 0.3 is 0 Å². The Balaban J connectivity index is 1.56. The number of carbonyl (C=O) groups is 2. The molecule has 1 aromatic carbocycles. The molecule has 184 valence electrons. The number of hydrogen-bond acceptors (Lipinski definition) is 4. The lowest BCUT2D eigenvalue weighted by Gasteiger charge is -2.33. The van der Waals surface area contributed by atoms with E-state index in [1.165, 1.54) is 17.0 Å². The summed E-state index contributed by atoms with van der Waals surface area (Å²) in [6.07, 6.45) is 3.29. The summed E-state index contributed by atoms with van der Waals surface area (Å²) in [5.74, 6) is -1.63. The summed E-state index contributed by atoms with van der Waals surface area (Å²) in [6.45, 7) is 5.54. The second kappa shape index (κ2) is 9.37. The molecule has 9 heteroatoms. The monoisotopic (exact) mass is 482 g/mol. The van der Waals surface area contributed by atoms with Crippen LogP contribution in [0.3, 0.4) is 0 Å². The minimum atomic E-state index is -0.770. The SMILES string of the molecule is CCC(=O)N1CCO[C@@H](Cc2c(-c3c(F)cc(N4CCCC4=O)cc3F)nc3cc(C)ccn23)C1. The van der Waals surface area contributed by atoms with Gasteiger partial charge in [-0.15, -0.1) is 0 Å². The van der Waals surface area contributed by atoms with E-state index in [-0.39, 0.29) is 34.9 Å². The summed E-state index contributed by atoms with van der Waals surface area (Å²) < 4.78 is 38.6. The second-order valence-corrected chi connectivity index (χ2v) is 9.16. The van der Waals surface area contributed by atoms with Crippen LogP contribution >= 0.6 is 0 Å². The van der Waals surface area contributed by atoms with E-state index in [0.717, 1.165) is 5.56 Å². The zero-order chi connectivity index (χ0) is 24.7. The van der Waals surface area contributed by atoms with Crippen molar-refractivity contribution in [2.75, 3.05) is 31.1 Å². The van der Waals surface area contributed by atoms with E-state index in [2.05, 4.69) is 4.98 Å². The third-order valence-electron chi connectivity index (χ3n) is 6.74. The number of morpholine rings is 1. The molecule has 7 nitrogen and oxygen atoms in total. The molecule has 0 aliphatic carbocycles. The number of benzene rings is 1. The molecule has 35 heavy (non-hydrogen) atoms. The number of imidazole rings is 1. The molecule has 2 saturated heterocycles. The summed E-state index contributed by atoms with van der Waals surface area (Å²) in [4.78, 5) is 32.1. The average molecular weight is 483 g/mol. The Labute approximate surface area is 202 Å². The maximum atomic E-state index is 15.4. The van der Waals surface area contributed by atoms with Gasteiger partial charge in [0.05, 0.1) is 29.7 Å². The number of halogens is 2. The number of anilines is 1. The van der Waals surface area contributed by atoms with Crippen LogP contribution in [0.5, 0.6) is 0 Å². The van der Waals surface area contributed by atoms with Gasteiger partial charge in [-0.3, -0.25) is 9.59 Å². The van der Waals surface area contributed by atoms with Gasteiger partial charge in [0.15, 0.2) is 0 Å². The van der Waals surface area contributed by atoms with Gasteiger partial charge in [0, 0.05) is 50.8 Å². The number of aryl methyl sites for hydroxylation is 1. The Morgan fingerprint density at radius 1 is 1.20 bits per heavy atom. The summed E-state index contributed by atoms with van der Waals surface area (Å²) in [6, 6.07) is 6.18. The molecule has 0 spiro atoms. The average Bonchev–Trinajstić information content (AvgIpc) is 3.41. The fourth-order valence-corrected chi connectivity index (χ4v) is 4.96.